The number of hydrogen-bond acceptors (Lipinski definition) is 4. The Bertz CT molecular complexity index is 1120. The number of benzene rings is 3. The zero-order chi connectivity index (χ0) is 21.3. The van der Waals surface area contributed by atoms with Gasteiger partial charge in [-0.05, 0) is 67.4 Å². The number of carbonyl (C=O) groups is 2. The predicted molar refractivity (Wildman–Crippen MR) is 119 cm³/mol. The van der Waals surface area contributed by atoms with E-state index in [1.165, 1.54) is 11.1 Å². The summed E-state index contributed by atoms with van der Waals surface area (Å²) in [5, 5.41) is 6.21. The van der Waals surface area contributed by atoms with Gasteiger partial charge in [0, 0.05) is 23.1 Å². The van der Waals surface area contributed by atoms with Crippen molar-refractivity contribution in [2.45, 2.75) is 20.3 Å². The molecule has 4 rings (SSSR count). The molecule has 3 aromatic carbocycles. The van der Waals surface area contributed by atoms with Gasteiger partial charge in [-0.25, -0.2) is 0 Å². The average molecular weight is 401 g/mol. The number of aryl methyl sites for hydroxylation is 1. The van der Waals surface area contributed by atoms with Crippen LogP contribution in [0.4, 0.5) is 28.4 Å². The second-order valence-corrected chi connectivity index (χ2v) is 7.26. The van der Waals surface area contributed by atoms with Crippen molar-refractivity contribution in [1.82, 2.24) is 0 Å². The number of anilines is 5. The Kier molecular flexibility index (Phi) is 5.14. The number of ether oxygens (including phenoxy) is 1. The van der Waals surface area contributed by atoms with Crippen LogP contribution < -0.4 is 20.3 Å². The highest BCUT2D eigenvalue weighted by molar-refractivity contribution is 6.17. The molecule has 0 radical (unpaired) electrons. The van der Waals surface area contributed by atoms with Gasteiger partial charge in [0.25, 0.3) is 0 Å². The molecule has 0 saturated carbocycles. The van der Waals surface area contributed by atoms with Crippen LogP contribution in [0.5, 0.6) is 5.75 Å². The van der Waals surface area contributed by atoms with Gasteiger partial charge in [0.05, 0.1) is 18.5 Å². The lowest BCUT2D eigenvalue weighted by molar-refractivity contribution is -0.124. The van der Waals surface area contributed by atoms with Crippen molar-refractivity contribution in [3.63, 3.8) is 0 Å². The zero-order valence-electron chi connectivity index (χ0n) is 17.2. The summed E-state index contributed by atoms with van der Waals surface area (Å²) in [6.45, 7) is 4.16. The van der Waals surface area contributed by atoms with Gasteiger partial charge in [-0.2, -0.15) is 0 Å². The molecule has 0 unspecified atom stereocenters. The van der Waals surface area contributed by atoms with Gasteiger partial charge >= 0.3 is 0 Å². The lowest BCUT2D eigenvalue weighted by atomic mass is 10.1. The fourth-order valence-electron chi connectivity index (χ4n) is 3.50. The van der Waals surface area contributed by atoms with Crippen molar-refractivity contribution < 1.29 is 14.3 Å². The van der Waals surface area contributed by atoms with E-state index in [0.29, 0.717) is 22.8 Å². The van der Waals surface area contributed by atoms with Crippen LogP contribution in [0.3, 0.4) is 0 Å². The smallest absolute Gasteiger partial charge is 0.241 e. The van der Waals surface area contributed by atoms with Gasteiger partial charge in [0.15, 0.2) is 0 Å². The summed E-state index contributed by atoms with van der Waals surface area (Å²) in [6, 6.07) is 19.0. The maximum atomic E-state index is 12.8. The monoisotopic (exact) mass is 401 g/mol. The fraction of sp³-hybridized carbons (Fsp3) is 0.167. The van der Waals surface area contributed by atoms with E-state index in [0.717, 1.165) is 11.4 Å². The van der Waals surface area contributed by atoms with Crippen LogP contribution in [-0.4, -0.2) is 18.9 Å². The first-order valence-corrected chi connectivity index (χ1v) is 9.70. The quantitative estimate of drug-likeness (QED) is 0.600. The van der Waals surface area contributed by atoms with E-state index < -0.39 is 0 Å². The van der Waals surface area contributed by atoms with Gasteiger partial charge in [-0.3, -0.25) is 14.5 Å². The van der Waals surface area contributed by atoms with Crippen molar-refractivity contribution in [3.05, 3.63) is 71.8 Å². The molecule has 0 fully saturated rings. The Hall–Kier alpha value is -3.80. The molecule has 6 heteroatoms. The van der Waals surface area contributed by atoms with Gasteiger partial charge in [0.1, 0.15) is 12.2 Å². The highest BCUT2D eigenvalue weighted by atomic mass is 16.5. The normalized spacial score (nSPS) is 13.4. The molecule has 0 bridgehead atoms. The van der Waals surface area contributed by atoms with Crippen LogP contribution in [0, 0.1) is 13.8 Å². The summed E-state index contributed by atoms with van der Waals surface area (Å²) in [5.74, 6) is -0.0201. The zero-order valence-corrected chi connectivity index (χ0v) is 17.2. The molecule has 152 valence electrons. The SMILES string of the molecule is COc1ccc2c(c1)NC(=O)CC(=O)N2c1ccc(Nc2cccc(C)c2C)cc1. The minimum absolute atomic E-state index is 0.223. The first-order valence-electron chi connectivity index (χ1n) is 9.70. The third-order valence-corrected chi connectivity index (χ3v) is 5.29. The lowest BCUT2D eigenvalue weighted by Gasteiger charge is -2.23. The molecule has 0 spiro atoms. The summed E-state index contributed by atoms with van der Waals surface area (Å²) in [4.78, 5) is 26.5. The molecule has 0 atom stereocenters. The van der Waals surface area contributed by atoms with E-state index in [4.69, 9.17) is 4.74 Å². The topological polar surface area (TPSA) is 70.7 Å². The van der Waals surface area contributed by atoms with Gasteiger partial charge in [0.2, 0.25) is 11.8 Å². The lowest BCUT2D eigenvalue weighted by Crippen LogP contribution is -2.26. The summed E-state index contributed by atoms with van der Waals surface area (Å²) in [6.07, 6.45) is -0.223. The Morgan fingerprint density at radius 1 is 1.00 bits per heavy atom. The third-order valence-electron chi connectivity index (χ3n) is 5.29. The van der Waals surface area contributed by atoms with Crippen molar-refractivity contribution in [2.75, 3.05) is 22.6 Å². The van der Waals surface area contributed by atoms with Crippen LogP contribution in [0.25, 0.3) is 0 Å². The number of fused-ring (bicyclic) bond motifs is 1. The number of amides is 2. The highest BCUT2D eigenvalue weighted by Crippen LogP contribution is 2.38. The molecule has 1 aliphatic heterocycles. The Labute approximate surface area is 175 Å². The van der Waals surface area contributed by atoms with Gasteiger partial charge in [-0.15, -0.1) is 0 Å². The molecule has 2 N–H and O–H groups in total. The Balaban J connectivity index is 1.67. The van der Waals surface area contributed by atoms with Gasteiger partial charge < -0.3 is 15.4 Å². The van der Waals surface area contributed by atoms with E-state index in [2.05, 4.69) is 30.5 Å². The number of nitrogens with zero attached hydrogens (tertiary/aromatic N) is 1. The van der Waals surface area contributed by atoms with Crippen LogP contribution in [0.15, 0.2) is 60.7 Å². The second kappa shape index (κ2) is 7.91. The molecular formula is C24H23N3O3. The van der Waals surface area contributed by atoms with Gasteiger partial charge in [-0.1, -0.05) is 12.1 Å². The summed E-state index contributed by atoms with van der Waals surface area (Å²) in [7, 11) is 1.56. The van der Waals surface area contributed by atoms with E-state index in [1.807, 2.05) is 36.4 Å². The van der Waals surface area contributed by atoms with E-state index >= 15 is 0 Å². The van der Waals surface area contributed by atoms with E-state index in [1.54, 1.807) is 30.2 Å². The number of hydrogen-bond donors (Lipinski definition) is 2. The van der Waals surface area contributed by atoms with Crippen LogP contribution in [-0.2, 0) is 9.59 Å². The molecule has 6 nitrogen and oxygen atoms in total. The number of carbonyl (C=O) groups excluding carboxylic acids is 2. The highest BCUT2D eigenvalue weighted by Gasteiger charge is 2.27. The third kappa shape index (κ3) is 3.72. The number of rotatable bonds is 4. The Morgan fingerprint density at radius 3 is 2.50 bits per heavy atom. The minimum Gasteiger partial charge on any atom is -0.497 e. The van der Waals surface area contributed by atoms with Crippen LogP contribution in [0.2, 0.25) is 0 Å². The molecule has 30 heavy (non-hydrogen) atoms. The second-order valence-electron chi connectivity index (χ2n) is 7.26. The summed E-state index contributed by atoms with van der Waals surface area (Å²) >= 11 is 0. The molecule has 0 saturated heterocycles. The first-order chi connectivity index (χ1) is 14.5. The maximum absolute atomic E-state index is 12.8. The standard InChI is InChI=1S/C24H23N3O3/c1-15-5-4-6-20(16(15)2)25-17-7-9-18(10-8-17)27-22-12-11-19(30-3)13-21(22)26-23(28)14-24(27)29/h4-13,25H,14H2,1-3H3,(H,26,28). The predicted octanol–water partition coefficient (Wildman–Crippen LogP) is 5.06. The van der Waals surface area contributed by atoms with Crippen LogP contribution in [0.1, 0.15) is 17.5 Å². The molecule has 3 aromatic rings. The van der Waals surface area contributed by atoms with Crippen molar-refractivity contribution >= 4 is 40.3 Å². The van der Waals surface area contributed by atoms with E-state index in [-0.39, 0.29) is 18.2 Å². The summed E-state index contributed by atoms with van der Waals surface area (Å²) in [5.41, 5.74) is 6.21. The molecule has 1 aliphatic rings. The minimum atomic E-state index is -0.342. The Morgan fingerprint density at radius 2 is 1.77 bits per heavy atom. The molecule has 2 amide bonds. The van der Waals surface area contributed by atoms with Crippen molar-refractivity contribution in [1.29, 1.82) is 0 Å². The van der Waals surface area contributed by atoms with Crippen LogP contribution >= 0.6 is 0 Å². The molecule has 0 aromatic heterocycles. The van der Waals surface area contributed by atoms with E-state index in [9.17, 15) is 9.59 Å². The molecular weight excluding hydrogens is 378 g/mol. The van der Waals surface area contributed by atoms with Crippen molar-refractivity contribution in [3.8, 4) is 5.75 Å². The first kappa shape index (κ1) is 19.5. The number of nitrogens with one attached hydrogen (secondary N) is 2. The average Bonchev–Trinajstić information content (AvgIpc) is 2.85. The summed E-state index contributed by atoms with van der Waals surface area (Å²) < 4.78 is 5.25. The molecule has 1 heterocycles. The number of methoxy groups -OCH3 is 1. The van der Waals surface area contributed by atoms with Crippen molar-refractivity contribution in [2.24, 2.45) is 0 Å². The maximum Gasteiger partial charge on any atom is 0.241 e. The largest absolute Gasteiger partial charge is 0.497 e. The fourth-order valence-corrected chi connectivity index (χ4v) is 3.50. The molecule has 0 aliphatic carbocycles.